The largest absolute Gasteiger partial charge is 0.355 e. The van der Waals surface area contributed by atoms with Crippen molar-refractivity contribution in [3.8, 4) is 0 Å². The maximum Gasteiger partial charge on any atom is 0.230 e. The minimum Gasteiger partial charge on any atom is -0.355 e. The van der Waals surface area contributed by atoms with Gasteiger partial charge >= 0.3 is 0 Å². The van der Waals surface area contributed by atoms with Crippen LogP contribution in [0.25, 0.3) is 0 Å². The number of aromatic nitrogens is 2. The molecule has 1 aromatic heterocycles. The molecular weight excluding hydrogens is 410 g/mol. The highest BCUT2D eigenvalue weighted by molar-refractivity contribution is 7.99. The van der Waals surface area contributed by atoms with Crippen molar-refractivity contribution in [2.75, 3.05) is 36.8 Å². The first kappa shape index (κ1) is 23.7. The zero-order valence-corrected chi connectivity index (χ0v) is 19.4. The molecule has 1 unspecified atom stereocenters. The molecule has 29 heavy (non-hydrogen) atoms. The first-order valence-electron chi connectivity index (χ1n) is 10.3. The Morgan fingerprint density at radius 2 is 2.10 bits per heavy atom. The highest BCUT2D eigenvalue weighted by Crippen LogP contribution is 2.24. The third kappa shape index (κ3) is 7.66. The minimum atomic E-state index is -0.0301. The topological polar surface area (TPSA) is 78.4 Å². The van der Waals surface area contributed by atoms with Crippen LogP contribution < -0.4 is 10.2 Å². The first-order chi connectivity index (χ1) is 13.8. The summed E-state index contributed by atoms with van der Waals surface area (Å²) in [5, 5.41) is 3.76. The van der Waals surface area contributed by atoms with Gasteiger partial charge in [-0.2, -0.15) is 0 Å². The van der Waals surface area contributed by atoms with Crippen molar-refractivity contribution in [1.29, 1.82) is 0 Å². The van der Waals surface area contributed by atoms with E-state index in [-0.39, 0.29) is 23.6 Å². The molecule has 0 aromatic carbocycles. The van der Waals surface area contributed by atoms with Crippen molar-refractivity contribution in [2.24, 2.45) is 5.92 Å². The molecule has 1 aliphatic heterocycles. The van der Waals surface area contributed by atoms with Crippen LogP contribution in [0.4, 0.5) is 5.82 Å². The van der Waals surface area contributed by atoms with E-state index in [1.54, 1.807) is 6.07 Å². The van der Waals surface area contributed by atoms with Gasteiger partial charge in [-0.15, -0.1) is 0 Å². The Morgan fingerprint density at radius 3 is 2.76 bits per heavy atom. The molecule has 0 aliphatic carbocycles. The molecule has 162 valence electrons. The van der Waals surface area contributed by atoms with Gasteiger partial charge in [0.1, 0.15) is 11.0 Å². The van der Waals surface area contributed by atoms with Crippen LogP contribution in [0.2, 0.25) is 5.15 Å². The van der Waals surface area contributed by atoms with Gasteiger partial charge in [0, 0.05) is 44.7 Å². The fourth-order valence-electron chi connectivity index (χ4n) is 3.19. The van der Waals surface area contributed by atoms with Crippen LogP contribution in [0.3, 0.4) is 0 Å². The average Bonchev–Trinajstić information content (AvgIpc) is 2.65. The Hall–Kier alpha value is -1.54. The zero-order valence-electron chi connectivity index (χ0n) is 17.8. The molecule has 0 spiro atoms. The summed E-state index contributed by atoms with van der Waals surface area (Å²) in [5.74, 6) is 1.73. The van der Waals surface area contributed by atoms with Crippen LogP contribution >= 0.6 is 23.4 Å². The van der Waals surface area contributed by atoms with E-state index in [1.807, 2.05) is 11.8 Å². The molecule has 1 N–H and O–H groups in total. The Labute approximate surface area is 183 Å². The van der Waals surface area contributed by atoms with Gasteiger partial charge in [0.15, 0.2) is 5.16 Å². The van der Waals surface area contributed by atoms with Gasteiger partial charge in [0.2, 0.25) is 11.8 Å². The number of thioether (sulfide) groups is 1. The lowest BCUT2D eigenvalue weighted by Crippen LogP contribution is -2.54. The lowest BCUT2D eigenvalue weighted by molar-refractivity contribution is -0.133. The standard InChI is InChI=1S/C20H32ClN5O2S/c1-5-6-19(28)26-10-9-25(12-15(26)4)17-11-16(21)23-20(24-17)29-13-18(27)22-8-7-14(2)3/h11,14-15H,5-10,12-13H2,1-4H3,(H,22,27). The second kappa shape index (κ2) is 11.6. The van der Waals surface area contributed by atoms with Gasteiger partial charge in [-0.3, -0.25) is 9.59 Å². The van der Waals surface area contributed by atoms with Gasteiger partial charge in [-0.25, -0.2) is 9.97 Å². The maximum absolute atomic E-state index is 12.2. The zero-order chi connectivity index (χ0) is 21.4. The number of nitrogens with one attached hydrogen (secondary N) is 1. The Morgan fingerprint density at radius 1 is 1.34 bits per heavy atom. The lowest BCUT2D eigenvalue weighted by Gasteiger charge is -2.40. The van der Waals surface area contributed by atoms with Gasteiger partial charge in [-0.05, 0) is 25.7 Å². The fraction of sp³-hybridized carbons (Fsp3) is 0.700. The molecule has 0 bridgehead atoms. The predicted octanol–water partition coefficient (Wildman–Crippen LogP) is 3.22. The molecule has 0 saturated carbocycles. The number of anilines is 1. The summed E-state index contributed by atoms with van der Waals surface area (Å²) in [6, 6.07) is 1.85. The molecule has 1 saturated heterocycles. The van der Waals surface area contributed by atoms with E-state index in [0.717, 1.165) is 18.7 Å². The molecule has 9 heteroatoms. The normalized spacial score (nSPS) is 17.0. The van der Waals surface area contributed by atoms with Crippen molar-refractivity contribution in [3.05, 3.63) is 11.2 Å². The van der Waals surface area contributed by atoms with Gasteiger partial charge in [0.05, 0.1) is 5.75 Å². The highest BCUT2D eigenvalue weighted by atomic mass is 35.5. The molecule has 7 nitrogen and oxygen atoms in total. The van der Waals surface area contributed by atoms with Crippen molar-refractivity contribution in [1.82, 2.24) is 20.2 Å². The number of halogens is 1. The van der Waals surface area contributed by atoms with Crippen LogP contribution in [-0.2, 0) is 9.59 Å². The number of hydrogen-bond acceptors (Lipinski definition) is 6. The number of nitrogens with zero attached hydrogens (tertiary/aromatic N) is 4. The van der Waals surface area contributed by atoms with E-state index in [9.17, 15) is 9.59 Å². The monoisotopic (exact) mass is 441 g/mol. The molecule has 1 atom stereocenters. The molecule has 2 rings (SSSR count). The summed E-state index contributed by atoms with van der Waals surface area (Å²) in [5.41, 5.74) is 0. The van der Waals surface area contributed by atoms with Crippen LogP contribution in [0, 0.1) is 5.92 Å². The van der Waals surface area contributed by atoms with E-state index in [4.69, 9.17) is 11.6 Å². The van der Waals surface area contributed by atoms with E-state index < -0.39 is 0 Å². The lowest BCUT2D eigenvalue weighted by atomic mass is 10.1. The number of piperazine rings is 1. The van der Waals surface area contributed by atoms with Crippen molar-refractivity contribution >= 4 is 41.0 Å². The molecular formula is C20H32ClN5O2S. The third-order valence-corrected chi connectivity index (χ3v) is 5.81. The molecule has 0 radical (unpaired) electrons. The smallest absolute Gasteiger partial charge is 0.230 e. The summed E-state index contributed by atoms with van der Waals surface area (Å²) < 4.78 is 0. The maximum atomic E-state index is 12.2. The fourth-order valence-corrected chi connectivity index (χ4v) is 4.10. The van der Waals surface area contributed by atoms with Crippen molar-refractivity contribution < 1.29 is 9.59 Å². The minimum absolute atomic E-state index is 0.0301. The van der Waals surface area contributed by atoms with E-state index in [0.29, 0.717) is 48.8 Å². The number of carbonyl (C=O) groups excluding carboxylic acids is 2. The van der Waals surface area contributed by atoms with Crippen molar-refractivity contribution in [3.63, 3.8) is 0 Å². The molecule has 2 heterocycles. The predicted molar refractivity (Wildman–Crippen MR) is 119 cm³/mol. The second-order valence-corrected chi connectivity index (χ2v) is 9.11. The van der Waals surface area contributed by atoms with Gasteiger partial charge < -0.3 is 15.1 Å². The third-order valence-electron chi connectivity index (χ3n) is 4.77. The summed E-state index contributed by atoms with van der Waals surface area (Å²) in [6.45, 7) is 11.1. The first-order valence-corrected chi connectivity index (χ1v) is 11.6. The number of carbonyl (C=O) groups is 2. The highest BCUT2D eigenvalue weighted by Gasteiger charge is 2.28. The summed E-state index contributed by atoms with van der Waals surface area (Å²) >= 11 is 7.49. The Kier molecular flexibility index (Phi) is 9.49. The molecule has 2 amide bonds. The van der Waals surface area contributed by atoms with E-state index in [2.05, 4.69) is 41.0 Å². The van der Waals surface area contributed by atoms with Gasteiger partial charge in [-0.1, -0.05) is 44.1 Å². The van der Waals surface area contributed by atoms with E-state index >= 15 is 0 Å². The number of rotatable bonds is 9. The summed E-state index contributed by atoms with van der Waals surface area (Å²) in [4.78, 5) is 37.1. The van der Waals surface area contributed by atoms with Crippen LogP contribution in [-0.4, -0.2) is 64.7 Å². The average molecular weight is 442 g/mol. The van der Waals surface area contributed by atoms with Crippen molar-refractivity contribution in [2.45, 2.75) is 58.2 Å². The summed E-state index contributed by atoms with van der Waals surface area (Å²) in [6.07, 6.45) is 2.40. The van der Waals surface area contributed by atoms with E-state index in [1.165, 1.54) is 11.8 Å². The quantitative estimate of drug-likeness (QED) is 0.360. The Balaban J connectivity index is 1.93. The van der Waals surface area contributed by atoms with Crippen LogP contribution in [0.15, 0.2) is 11.2 Å². The van der Waals surface area contributed by atoms with Gasteiger partial charge in [0.25, 0.3) is 0 Å². The summed E-state index contributed by atoms with van der Waals surface area (Å²) in [7, 11) is 0. The molecule has 1 fully saturated rings. The van der Waals surface area contributed by atoms with Crippen LogP contribution in [0.1, 0.15) is 47.0 Å². The van der Waals surface area contributed by atoms with Crippen LogP contribution in [0.5, 0.6) is 0 Å². The molecule has 1 aromatic rings. The second-order valence-electron chi connectivity index (χ2n) is 7.78. The molecule has 1 aliphatic rings. The number of amides is 2. The number of hydrogen-bond donors (Lipinski definition) is 1. The SMILES string of the molecule is CCCC(=O)N1CCN(c2cc(Cl)nc(SCC(=O)NCCC(C)C)n2)CC1C. The Bertz CT molecular complexity index is 703.